The van der Waals surface area contributed by atoms with Crippen molar-refractivity contribution in [2.24, 2.45) is 0 Å². The molecule has 29 heavy (non-hydrogen) atoms. The molecule has 0 saturated carbocycles. The predicted octanol–water partition coefficient (Wildman–Crippen LogP) is 4.38. The van der Waals surface area contributed by atoms with E-state index in [2.05, 4.69) is 5.48 Å². The SMILES string of the molecule is CCC(O)N(C(=O)NOC(C)(C)C)C(=O)OC(c1ccccc1)c1ccccc1. The number of aliphatic hydroxyl groups excluding tert-OH is 1. The van der Waals surface area contributed by atoms with Crippen LogP contribution in [0.3, 0.4) is 0 Å². The second kappa shape index (κ2) is 10.0. The van der Waals surface area contributed by atoms with Crippen LogP contribution in [-0.2, 0) is 9.57 Å². The molecule has 0 fully saturated rings. The molecule has 2 aromatic carbocycles. The van der Waals surface area contributed by atoms with Crippen molar-refractivity contribution in [1.29, 1.82) is 0 Å². The van der Waals surface area contributed by atoms with Crippen molar-refractivity contribution in [3.63, 3.8) is 0 Å². The molecule has 7 heteroatoms. The van der Waals surface area contributed by atoms with E-state index < -0.39 is 30.1 Å². The number of carbonyl (C=O) groups excluding carboxylic acids is 2. The molecule has 2 N–H and O–H groups in total. The summed E-state index contributed by atoms with van der Waals surface area (Å²) in [6, 6.07) is 17.5. The summed E-state index contributed by atoms with van der Waals surface area (Å²) in [5.74, 6) is 0. The summed E-state index contributed by atoms with van der Waals surface area (Å²) in [6.45, 7) is 6.88. The van der Waals surface area contributed by atoms with Crippen LogP contribution in [0.15, 0.2) is 60.7 Å². The summed E-state index contributed by atoms with van der Waals surface area (Å²) >= 11 is 0. The van der Waals surface area contributed by atoms with Crippen molar-refractivity contribution in [1.82, 2.24) is 10.4 Å². The molecule has 0 aromatic heterocycles. The Morgan fingerprint density at radius 2 is 1.48 bits per heavy atom. The third-order valence-electron chi connectivity index (χ3n) is 3.95. The molecule has 0 aliphatic heterocycles. The summed E-state index contributed by atoms with van der Waals surface area (Å²) < 4.78 is 5.67. The zero-order chi connectivity index (χ0) is 21.4. The van der Waals surface area contributed by atoms with Crippen LogP contribution in [0.1, 0.15) is 51.3 Å². The van der Waals surface area contributed by atoms with Gasteiger partial charge >= 0.3 is 12.1 Å². The molecule has 7 nitrogen and oxygen atoms in total. The zero-order valence-electron chi connectivity index (χ0n) is 17.2. The van der Waals surface area contributed by atoms with Gasteiger partial charge in [-0.15, -0.1) is 0 Å². The molecule has 0 aliphatic carbocycles. The quantitative estimate of drug-likeness (QED) is 0.555. The molecular formula is C22H28N2O5. The van der Waals surface area contributed by atoms with E-state index in [0.717, 1.165) is 11.1 Å². The van der Waals surface area contributed by atoms with Gasteiger partial charge in [-0.25, -0.2) is 20.0 Å². The molecule has 0 spiro atoms. The Labute approximate surface area is 171 Å². The van der Waals surface area contributed by atoms with E-state index in [9.17, 15) is 14.7 Å². The number of benzene rings is 2. The maximum atomic E-state index is 12.9. The van der Waals surface area contributed by atoms with E-state index in [1.807, 2.05) is 60.7 Å². The van der Waals surface area contributed by atoms with E-state index >= 15 is 0 Å². The number of amides is 3. The lowest BCUT2D eigenvalue weighted by Gasteiger charge is -2.29. The minimum Gasteiger partial charge on any atom is -0.436 e. The highest BCUT2D eigenvalue weighted by Crippen LogP contribution is 2.27. The van der Waals surface area contributed by atoms with Crippen LogP contribution in [0.5, 0.6) is 0 Å². The number of imide groups is 1. The van der Waals surface area contributed by atoms with Crippen LogP contribution in [0.25, 0.3) is 0 Å². The first-order chi connectivity index (χ1) is 13.7. The molecule has 0 heterocycles. The number of urea groups is 1. The molecule has 3 amide bonds. The summed E-state index contributed by atoms with van der Waals surface area (Å²) in [5, 5.41) is 10.3. The Balaban J connectivity index is 2.27. The largest absolute Gasteiger partial charge is 0.436 e. The lowest BCUT2D eigenvalue weighted by Crippen LogP contribution is -2.51. The van der Waals surface area contributed by atoms with E-state index in [0.29, 0.717) is 4.90 Å². The lowest BCUT2D eigenvalue weighted by molar-refractivity contribution is -0.0682. The van der Waals surface area contributed by atoms with Gasteiger partial charge in [-0.05, 0) is 38.3 Å². The molecule has 0 saturated heterocycles. The van der Waals surface area contributed by atoms with Crippen LogP contribution in [-0.4, -0.2) is 34.0 Å². The predicted molar refractivity (Wildman–Crippen MR) is 109 cm³/mol. The average Bonchev–Trinajstić information content (AvgIpc) is 2.71. The molecule has 2 rings (SSSR count). The van der Waals surface area contributed by atoms with Gasteiger partial charge in [-0.3, -0.25) is 4.84 Å². The molecule has 0 bridgehead atoms. The van der Waals surface area contributed by atoms with Gasteiger partial charge in [0.15, 0.2) is 6.10 Å². The molecular weight excluding hydrogens is 372 g/mol. The van der Waals surface area contributed by atoms with Gasteiger partial charge in [0.1, 0.15) is 6.23 Å². The van der Waals surface area contributed by atoms with Crippen LogP contribution < -0.4 is 5.48 Å². The molecule has 1 atom stereocenters. The van der Waals surface area contributed by atoms with Crippen molar-refractivity contribution in [3.8, 4) is 0 Å². The van der Waals surface area contributed by atoms with Crippen molar-refractivity contribution < 1.29 is 24.3 Å². The Morgan fingerprint density at radius 3 is 1.90 bits per heavy atom. The van der Waals surface area contributed by atoms with E-state index in [1.54, 1.807) is 27.7 Å². The summed E-state index contributed by atoms with van der Waals surface area (Å²) in [4.78, 5) is 31.3. The number of ether oxygens (including phenoxy) is 1. The summed E-state index contributed by atoms with van der Waals surface area (Å²) in [5.41, 5.74) is 3.01. The third-order valence-corrected chi connectivity index (χ3v) is 3.95. The summed E-state index contributed by atoms with van der Waals surface area (Å²) in [7, 11) is 0. The Morgan fingerprint density at radius 1 is 1.00 bits per heavy atom. The summed E-state index contributed by atoms with van der Waals surface area (Å²) in [6.07, 6.45) is -2.95. The van der Waals surface area contributed by atoms with Gasteiger partial charge < -0.3 is 9.84 Å². The first kappa shape index (κ1) is 22.4. The van der Waals surface area contributed by atoms with Crippen molar-refractivity contribution in [2.45, 2.75) is 52.0 Å². The number of rotatable bonds is 6. The number of hydrogen-bond acceptors (Lipinski definition) is 5. The third kappa shape index (κ3) is 6.58. The fourth-order valence-electron chi connectivity index (χ4n) is 2.51. The van der Waals surface area contributed by atoms with Crippen molar-refractivity contribution >= 4 is 12.1 Å². The van der Waals surface area contributed by atoms with Crippen LogP contribution >= 0.6 is 0 Å². The normalized spacial score (nSPS) is 12.3. The smallest absolute Gasteiger partial charge is 0.421 e. The van der Waals surface area contributed by atoms with Crippen LogP contribution in [0, 0.1) is 0 Å². The fourth-order valence-corrected chi connectivity index (χ4v) is 2.51. The van der Waals surface area contributed by atoms with E-state index in [4.69, 9.17) is 9.57 Å². The Hall–Kier alpha value is -2.90. The van der Waals surface area contributed by atoms with Gasteiger partial charge in [-0.1, -0.05) is 67.6 Å². The number of carbonyl (C=O) groups is 2. The van der Waals surface area contributed by atoms with E-state index in [1.165, 1.54) is 0 Å². The maximum absolute atomic E-state index is 12.9. The van der Waals surface area contributed by atoms with Gasteiger partial charge in [-0.2, -0.15) is 0 Å². The number of hydroxylamine groups is 1. The molecule has 156 valence electrons. The fraction of sp³-hybridized carbons (Fsp3) is 0.364. The number of nitrogens with zero attached hydrogens (tertiary/aromatic N) is 1. The topological polar surface area (TPSA) is 88.1 Å². The van der Waals surface area contributed by atoms with Crippen LogP contribution in [0.2, 0.25) is 0 Å². The number of nitrogens with one attached hydrogen (secondary N) is 1. The highest BCUT2D eigenvalue weighted by Gasteiger charge is 2.32. The molecule has 2 aromatic rings. The van der Waals surface area contributed by atoms with Gasteiger partial charge in [0, 0.05) is 0 Å². The monoisotopic (exact) mass is 400 g/mol. The first-order valence-electron chi connectivity index (χ1n) is 9.48. The highest BCUT2D eigenvalue weighted by molar-refractivity contribution is 5.90. The average molecular weight is 400 g/mol. The van der Waals surface area contributed by atoms with E-state index in [-0.39, 0.29) is 6.42 Å². The second-order valence-corrected chi connectivity index (χ2v) is 7.47. The van der Waals surface area contributed by atoms with Gasteiger partial charge in [0.05, 0.1) is 5.60 Å². The first-order valence-corrected chi connectivity index (χ1v) is 9.48. The second-order valence-electron chi connectivity index (χ2n) is 7.47. The minimum atomic E-state index is -1.36. The van der Waals surface area contributed by atoms with Crippen molar-refractivity contribution in [2.75, 3.05) is 0 Å². The van der Waals surface area contributed by atoms with Crippen molar-refractivity contribution in [3.05, 3.63) is 71.8 Å². The van der Waals surface area contributed by atoms with Gasteiger partial charge in [0.25, 0.3) is 0 Å². The standard InChI is InChI=1S/C22H28N2O5/c1-5-18(25)24(20(26)23-29-22(2,3)4)21(27)28-19(16-12-8-6-9-13-16)17-14-10-7-11-15-17/h6-15,18-19,25H,5H2,1-4H3,(H,23,26). The van der Waals surface area contributed by atoms with Gasteiger partial charge in [0.2, 0.25) is 0 Å². The minimum absolute atomic E-state index is 0.138. The van der Waals surface area contributed by atoms with Crippen LogP contribution in [0.4, 0.5) is 9.59 Å². The molecule has 0 aliphatic rings. The lowest BCUT2D eigenvalue weighted by atomic mass is 10.0. The molecule has 1 unspecified atom stereocenters. The Bertz CT molecular complexity index is 750. The maximum Gasteiger partial charge on any atom is 0.421 e. The molecule has 0 radical (unpaired) electrons. The Kier molecular flexibility index (Phi) is 7.75. The number of hydrogen-bond donors (Lipinski definition) is 2. The zero-order valence-corrected chi connectivity index (χ0v) is 17.2. The highest BCUT2D eigenvalue weighted by atomic mass is 16.7. The number of aliphatic hydroxyl groups is 1.